The highest BCUT2D eigenvalue weighted by Crippen LogP contribution is 2.60. The molecule has 4 atom stereocenters. The number of hydrogen-bond donors (Lipinski definition) is 1. The SMILES string of the molecule is COc1ccc2c(c1)[C@@]1(O[C@H](CCO)[C@@H]([Si](C)(C)F)[C@@H]1C)C(=O)N2Cc1cccc(-n2cccc(OC)c2=O)c1. The topological polar surface area (TPSA) is 90.2 Å². The van der Waals surface area contributed by atoms with Gasteiger partial charge in [-0.2, -0.15) is 0 Å². The summed E-state index contributed by atoms with van der Waals surface area (Å²) in [5.74, 6) is 0.0738. The number of ether oxygens (including phenoxy) is 3. The Balaban J connectivity index is 1.58. The van der Waals surface area contributed by atoms with Crippen molar-refractivity contribution >= 4 is 20.0 Å². The zero-order chi connectivity index (χ0) is 28.8. The van der Waals surface area contributed by atoms with Gasteiger partial charge in [-0.05, 0) is 67.5 Å². The first-order valence-corrected chi connectivity index (χ1v) is 16.4. The molecule has 2 aliphatic heterocycles. The normalized spacial score (nSPS) is 24.0. The van der Waals surface area contributed by atoms with Gasteiger partial charge in [-0.15, -0.1) is 0 Å². The predicted octanol–water partition coefficient (Wildman–Crippen LogP) is 4.56. The summed E-state index contributed by atoms with van der Waals surface area (Å²) in [6, 6.07) is 16.2. The maximum Gasteiger partial charge on any atom is 0.297 e. The maximum absolute atomic E-state index is 15.7. The molecule has 10 heteroatoms. The minimum Gasteiger partial charge on any atom is -0.497 e. The summed E-state index contributed by atoms with van der Waals surface area (Å²) in [6.45, 7) is 5.21. The van der Waals surface area contributed by atoms with Crippen LogP contribution in [0.5, 0.6) is 11.5 Å². The number of carbonyl (C=O) groups excluding carboxylic acids is 1. The third-order valence-corrected chi connectivity index (χ3v) is 10.7. The second kappa shape index (κ2) is 10.5. The van der Waals surface area contributed by atoms with Gasteiger partial charge in [0.25, 0.3) is 11.5 Å². The third kappa shape index (κ3) is 4.44. The van der Waals surface area contributed by atoms with Crippen molar-refractivity contribution in [3.8, 4) is 17.2 Å². The Morgan fingerprint density at radius 2 is 1.85 bits per heavy atom. The quantitative estimate of drug-likeness (QED) is 0.318. The summed E-state index contributed by atoms with van der Waals surface area (Å²) in [5, 5.41) is 9.76. The minimum absolute atomic E-state index is 0.159. The lowest BCUT2D eigenvalue weighted by molar-refractivity contribution is -0.146. The number of methoxy groups -OCH3 is 2. The standard InChI is InChI=1S/C30H35FN2O6Si/c1-19-27(40(4,5)31)25(13-15-34)39-30(19)23-17-22(37-2)11-12-24(23)33(29(30)36)18-20-8-6-9-21(16-20)32-14-7-10-26(38-3)28(32)35/h6-12,14,16-17,19,25,27,34H,13,15,18H2,1-5H3/t19-,25+,27-,30+/m0/s1. The fraction of sp³-hybridized carbons (Fsp3) is 0.400. The molecule has 0 saturated carbocycles. The molecule has 0 unspecified atom stereocenters. The zero-order valence-electron chi connectivity index (χ0n) is 23.4. The number of aliphatic hydroxyl groups excluding tert-OH is 1. The highest BCUT2D eigenvalue weighted by molar-refractivity contribution is 6.72. The van der Waals surface area contributed by atoms with Gasteiger partial charge in [-0.25, -0.2) is 0 Å². The van der Waals surface area contributed by atoms with E-state index >= 15 is 4.11 Å². The Hall–Kier alpha value is -3.47. The van der Waals surface area contributed by atoms with E-state index < -0.39 is 31.6 Å². The maximum atomic E-state index is 15.7. The molecule has 3 heterocycles. The lowest BCUT2D eigenvalue weighted by Crippen LogP contribution is -2.45. The molecule has 1 fully saturated rings. The van der Waals surface area contributed by atoms with Crippen LogP contribution >= 0.6 is 0 Å². The van der Waals surface area contributed by atoms with Gasteiger partial charge >= 0.3 is 0 Å². The van der Waals surface area contributed by atoms with Crippen LogP contribution in [0.1, 0.15) is 24.5 Å². The molecule has 1 amide bonds. The van der Waals surface area contributed by atoms with Crippen LogP contribution < -0.4 is 19.9 Å². The van der Waals surface area contributed by atoms with Gasteiger partial charge in [-0.1, -0.05) is 19.1 Å². The number of carbonyl (C=O) groups is 1. The van der Waals surface area contributed by atoms with E-state index in [0.717, 1.165) is 5.56 Å². The van der Waals surface area contributed by atoms with Crippen molar-refractivity contribution in [2.75, 3.05) is 25.7 Å². The molecule has 5 rings (SSSR count). The van der Waals surface area contributed by atoms with Crippen molar-refractivity contribution in [3.63, 3.8) is 0 Å². The predicted molar refractivity (Wildman–Crippen MR) is 153 cm³/mol. The van der Waals surface area contributed by atoms with Gasteiger partial charge in [0.15, 0.2) is 11.4 Å². The second-order valence-electron chi connectivity index (χ2n) is 11.0. The van der Waals surface area contributed by atoms with E-state index in [9.17, 15) is 14.7 Å². The Morgan fingerprint density at radius 1 is 1.07 bits per heavy atom. The van der Waals surface area contributed by atoms with E-state index in [4.69, 9.17) is 14.2 Å². The summed E-state index contributed by atoms with van der Waals surface area (Å²) in [6.07, 6.45) is 1.33. The Kier molecular flexibility index (Phi) is 7.36. The average Bonchev–Trinajstić information content (AvgIpc) is 3.35. The van der Waals surface area contributed by atoms with Crippen molar-refractivity contribution in [1.29, 1.82) is 0 Å². The van der Waals surface area contributed by atoms with Gasteiger partial charge in [0.05, 0.1) is 32.6 Å². The van der Waals surface area contributed by atoms with Gasteiger partial charge in [0, 0.05) is 35.5 Å². The van der Waals surface area contributed by atoms with Gasteiger partial charge < -0.3 is 28.3 Å². The molecule has 1 saturated heterocycles. The van der Waals surface area contributed by atoms with Crippen LogP contribution in [0.4, 0.5) is 9.80 Å². The van der Waals surface area contributed by atoms with E-state index in [0.29, 0.717) is 22.7 Å². The molecule has 8 nitrogen and oxygen atoms in total. The molecule has 0 aliphatic carbocycles. The van der Waals surface area contributed by atoms with Crippen molar-refractivity contribution in [1.82, 2.24) is 4.57 Å². The van der Waals surface area contributed by atoms with Crippen molar-refractivity contribution < 1.29 is 28.2 Å². The number of fused-ring (bicyclic) bond motifs is 2. The number of pyridine rings is 1. The summed E-state index contributed by atoms with van der Waals surface area (Å²) in [7, 11) is -0.279. The molecule has 2 aliphatic rings. The van der Waals surface area contributed by atoms with Crippen LogP contribution in [0.25, 0.3) is 5.69 Å². The van der Waals surface area contributed by atoms with Crippen molar-refractivity contribution in [2.24, 2.45) is 5.92 Å². The van der Waals surface area contributed by atoms with Gasteiger partial charge in [0.1, 0.15) is 5.75 Å². The zero-order valence-corrected chi connectivity index (χ0v) is 24.4. The fourth-order valence-electron chi connectivity index (χ4n) is 6.53. The van der Waals surface area contributed by atoms with Crippen LogP contribution in [0.2, 0.25) is 18.6 Å². The number of amides is 1. The molecular formula is C30H35FN2O6Si. The highest BCUT2D eigenvalue weighted by Gasteiger charge is 2.66. The summed E-state index contributed by atoms with van der Waals surface area (Å²) in [4.78, 5) is 28.9. The molecule has 0 radical (unpaired) electrons. The number of nitrogens with zero attached hydrogens (tertiary/aromatic N) is 2. The number of anilines is 1. The largest absolute Gasteiger partial charge is 0.497 e. The molecular weight excluding hydrogens is 531 g/mol. The smallest absolute Gasteiger partial charge is 0.297 e. The number of rotatable bonds is 8. The van der Waals surface area contributed by atoms with Crippen LogP contribution in [0.3, 0.4) is 0 Å². The van der Waals surface area contributed by atoms with E-state index in [1.807, 2.05) is 37.3 Å². The summed E-state index contributed by atoms with van der Waals surface area (Å²) < 4.78 is 34.5. The fourth-order valence-corrected chi connectivity index (χ4v) is 9.07. The monoisotopic (exact) mass is 566 g/mol. The number of aliphatic hydroxyl groups is 1. The van der Waals surface area contributed by atoms with Crippen LogP contribution in [-0.4, -0.2) is 50.9 Å². The highest BCUT2D eigenvalue weighted by atomic mass is 28.4. The van der Waals surface area contributed by atoms with E-state index in [-0.39, 0.29) is 36.8 Å². The van der Waals surface area contributed by atoms with E-state index in [1.165, 1.54) is 11.7 Å². The molecule has 1 N–H and O–H groups in total. The van der Waals surface area contributed by atoms with Crippen LogP contribution in [0, 0.1) is 5.92 Å². The first-order chi connectivity index (χ1) is 19.1. The molecule has 3 aromatic rings. The molecule has 40 heavy (non-hydrogen) atoms. The molecule has 0 bridgehead atoms. The lowest BCUT2D eigenvalue weighted by atomic mass is 9.82. The van der Waals surface area contributed by atoms with Crippen LogP contribution in [0.15, 0.2) is 65.6 Å². The molecule has 1 aromatic heterocycles. The van der Waals surface area contributed by atoms with Gasteiger partial charge in [-0.3, -0.25) is 14.2 Å². The Morgan fingerprint density at radius 3 is 2.52 bits per heavy atom. The van der Waals surface area contributed by atoms with Crippen molar-refractivity contribution in [2.45, 2.75) is 50.2 Å². The summed E-state index contributed by atoms with van der Waals surface area (Å²) in [5.41, 5.74) is 0.585. The van der Waals surface area contributed by atoms with Gasteiger partial charge in [0.2, 0.25) is 8.41 Å². The second-order valence-corrected chi connectivity index (χ2v) is 14.8. The first-order valence-electron chi connectivity index (χ1n) is 13.4. The van der Waals surface area contributed by atoms with E-state index in [2.05, 4.69) is 0 Å². The number of aromatic nitrogens is 1. The summed E-state index contributed by atoms with van der Waals surface area (Å²) >= 11 is 0. The van der Waals surface area contributed by atoms with Crippen LogP contribution in [-0.2, 0) is 21.7 Å². The average molecular weight is 567 g/mol. The third-order valence-electron chi connectivity index (χ3n) is 8.24. The Labute approximate surface area is 234 Å². The molecule has 2 aromatic carbocycles. The van der Waals surface area contributed by atoms with E-state index in [1.54, 1.807) is 55.6 Å². The minimum atomic E-state index is -3.29. The van der Waals surface area contributed by atoms with Crippen molar-refractivity contribution in [3.05, 3.63) is 82.3 Å². The number of hydrogen-bond acceptors (Lipinski definition) is 6. The molecule has 1 spiro atoms. The number of benzene rings is 2. The Bertz CT molecular complexity index is 1490. The number of halogens is 1. The lowest BCUT2D eigenvalue weighted by Gasteiger charge is -2.31. The first kappa shape index (κ1) is 28.1. The molecule has 212 valence electrons.